The van der Waals surface area contributed by atoms with E-state index in [1.165, 1.54) is 51.5 Å². The maximum atomic E-state index is 13.4. The number of hydrogen-bond acceptors (Lipinski definition) is 4. The zero-order valence-corrected chi connectivity index (χ0v) is 19.4. The highest BCUT2D eigenvalue weighted by Gasteiger charge is 2.29. The number of carbonyl (C=O) groups excluding carboxylic acids is 1. The van der Waals surface area contributed by atoms with Crippen molar-refractivity contribution in [3.63, 3.8) is 0 Å². The maximum absolute atomic E-state index is 13.4. The number of aromatic nitrogens is 1. The average molecular weight is 436 g/mol. The zero-order chi connectivity index (χ0) is 22.2. The van der Waals surface area contributed by atoms with E-state index in [0.717, 1.165) is 36.0 Å². The fourth-order valence-electron chi connectivity index (χ4n) is 5.37. The van der Waals surface area contributed by atoms with Gasteiger partial charge >= 0.3 is 0 Å². The summed E-state index contributed by atoms with van der Waals surface area (Å²) in [5.41, 5.74) is 2.09. The van der Waals surface area contributed by atoms with Gasteiger partial charge in [0.05, 0.1) is 13.5 Å². The second-order valence-electron chi connectivity index (χ2n) is 9.46. The molecule has 1 atom stereocenters. The number of ether oxygens (including phenoxy) is 1. The van der Waals surface area contributed by atoms with Gasteiger partial charge in [0.25, 0.3) is 0 Å². The molecule has 2 heterocycles. The molecule has 0 bridgehead atoms. The summed E-state index contributed by atoms with van der Waals surface area (Å²) in [7, 11) is 1.66. The van der Waals surface area contributed by atoms with Crippen molar-refractivity contribution in [1.29, 1.82) is 0 Å². The molecule has 1 saturated carbocycles. The number of nitrogens with zero attached hydrogens (tertiary/aromatic N) is 3. The lowest BCUT2D eigenvalue weighted by Gasteiger charge is -2.41. The average Bonchev–Trinajstić information content (AvgIpc) is 2.85. The van der Waals surface area contributed by atoms with Crippen LogP contribution in [-0.4, -0.2) is 53.5 Å². The van der Waals surface area contributed by atoms with Crippen molar-refractivity contribution >= 4 is 5.91 Å². The number of carbonyl (C=O) groups is 1. The molecule has 2 aromatic rings. The van der Waals surface area contributed by atoms with Crippen LogP contribution in [-0.2, 0) is 17.8 Å². The standard InChI is InChI=1S/C27H37N3O2/c1-32-26-13-5-8-22(16-26)17-27(31)30(19-23-9-6-14-28-18-23)21-24-10-7-15-29(20-24)25-11-3-2-4-12-25/h5-6,8-9,13-14,16,18,24-25H,2-4,7,10-12,15,17,19-21H2,1H3. The van der Waals surface area contributed by atoms with Gasteiger partial charge in [0.1, 0.15) is 5.75 Å². The monoisotopic (exact) mass is 435 g/mol. The third kappa shape index (κ3) is 6.32. The number of rotatable bonds is 8. The van der Waals surface area contributed by atoms with Gasteiger partial charge in [0.2, 0.25) is 5.91 Å². The predicted molar refractivity (Wildman–Crippen MR) is 128 cm³/mol. The van der Waals surface area contributed by atoms with Crippen molar-refractivity contribution in [3.05, 3.63) is 59.9 Å². The Morgan fingerprint density at radius 3 is 2.72 bits per heavy atom. The molecule has 5 nitrogen and oxygen atoms in total. The summed E-state index contributed by atoms with van der Waals surface area (Å²) in [6.45, 7) is 3.79. The van der Waals surface area contributed by atoms with E-state index in [9.17, 15) is 4.79 Å². The van der Waals surface area contributed by atoms with Crippen molar-refractivity contribution in [1.82, 2.24) is 14.8 Å². The first kappa shape index (κ1) is 22.8. The summed E-state index contributed by atoms with van der Waals surface area (Å²) in [4.78, 5) is 22.5. The molecule has 5 heteroatoms. The van der Waals surface area contributed by atoms with Gasteiger partial charge in [-0.05, 0) is 67.5 Å². The van der Waals surface area contributed by atoms with E-state index in [4.69, 9.17) is 4.74 Å². The van der Waals surface area contributed by atoms with Crippen LogP contribution in [0.15, 0.2) is 48.8 Å². The Balaban J connectivity index is 1.44. The number of benzene rings is 1. The molecule has 0 N–H and O–H groups in total. The molecule has 172 valence electrons. The van der Waals surface area contributed by atoms with Gasteiger partial charge < -0.3 is 14.5 Å². The van der Waals surface area contributed by atoms with Crippen LogP contribution < -0.4 is 4.74 Å². The predicted octanol–water partition coefficient (Wildman–Crippen LogP) is 4.71. The minimum absolute atomic E-state index is 0.178. The van der Waals surface area contributed by atoms with Crippen molar-refractivity contribution in [2.45, 2.75) is 64.0 Å². The van der Waals surface area contributed by atoms with Gasteiger partial charge in [0, 0.05) is 38.1 Å². The van der Waals surface area contributed by atoms with E-state index in [1.807, 2.05) is 36.5 Å². The topological polar surface area (TPSA) is 45.7 Å². The molecule has 1 aromatic heterocycles. The molecular weight excluding hydrogens is 398 g/mol. The Bertz CT molecular complexity index is 851. The SMILES string of the molecule is COc1cccc(CC(=O)N(Cc2cccnc2)CC2CCCN(C3CCCCC3)C2)c1. The molecule has 2 fully saturated rings. The van der Waals surface area contributed by atoms with E-state index in [2.05, 4.69) is 20.9 Å². The maximum Gasteiger partial charge on any atom is 0.227 e. The molecule has 1 unspecified atom stereocenters. The number of amides is 1. The molecule has 1 saturated heterocycles. The molecule has 2 aliphatic rings. The van der Waals surface area contributed by atoms with E-state index in [1.54, 1.807) is 13.3 Å². The number of likely N-dealkylation sites (tertiary alicyclic amines) is 1. The minimum Gasteiger partial charge on any atom is -0.497 e. The van der Waals surface area contributed by atoms with Gasteiger partial charge in [-0.3, -0.25) is 9.78 Å². The second kappa shape index (κ2) is 11.5. The van der Waals surface area contributed by atoms with Crippen molar-refractivity contribution in [3.8, 4) is 5.75 Å². The molecule has 4 rings (SSSR count). The molecule has 1 aliphatic carbocycles. The van der Waals surface area contributed by atoms with Crippen LogP contribution in [0.2, 0.25) is 0 Å². The first-order chi connectivity index (χ1) is 15.7. The highest BCUT2D eigenvalue weighted by molar-refractivity contribution is 5.79. The van der Waals surface area contributed by atoms with Gasteiger partial charge in [-0.2, -0.15) is 0 Å². The molecule has 1 amide bonds. The summed E-state index contributed by atoms with van der Waals surface area (Å²) >= 11 is 0. The van der Waals surface area contributed by atoms with Gasteiger partial charge in [0.15, 0.2) is 0 Å². The van der Waals surface area contributed by atoms with Crippen LogP contribution in [0.25, 0.3) is 0 Å². The van der Waals surface area contributed by atoms with E-state index in [-0.39, 0.29) is 5.91 Å². The van der Waals surface area contributed by atoms with E-state index < -0.39 is 0 Å². The second-order valence-corrected chi connectivity index (χ2v) is 9.46. The molecule has 1 aliphatic heterocycles. The number of hydrogen-bond donors (Lipinski definition) is 0. The normalized spacial score (nSPS) is 20.1. The van der Waals surface area contributed by atoms with Crippen molar-refractivity contribution in [2.75, 3.05) is 26.7 Å². The van der Waals surface area contributed by atoms with Crippen LogP contribution in [0.1, 0.15) is 56.1 Å². The van der Waals surface area contributed by atoms with Crippen LogP contribution >= 0.6 is 0 Å². The molecule has 0 radical (unpaired) electrons. The van der Waals surface area contributed by atoms with E-state index in [0.29, 0.717) is 18.9 Å². The van der Waals surface area contributed by atoms with Crippen LogP contribution in [0, 0.1) is 5.92 Å². The number of pyridine rings is 1. The van der Waals surface area contributed by atoms with Gasteiger partial charge in [-0.15, -0.1) is 0 Å². The fourth-order valence-corrected chi connectivity index (χ4v) is 5.37. The van der Waals surface area contributed by atoms with Crippen molar-refractivity contribution in [2.24, 2.45) is 5.92 Å². The summed E-state index contributed by atoms with van der Waals surface area (Å²) in [6.07, 6.45) is 13.3. The molecule has 1 aromatic carbocycles. The largest absolute Gasteiger partial charge is 0.497 e. The third-order valence-corrected chi connectivity index (χ3v) is 7.06. The highest BCUT2D eigenvalue weighted by atomic mass is 16.5. The summed E-state index contributed by atoms with van der Waals surface area (Å²) < 4.78 is 5.34. The first-order valence-electron chi connectivity index (χ1n) is 12.2. The lowest BCUT2D eigenvalue weighted by atomic mass is 9.90. The Morgan fingerprint density at radius 2 is 1.94 bits per heavy atom. The van der Waals surface area contributed by atoms with Crippen molar-refractivity contribution < 1.29 is 9.53 Å². The Labute approximate surface area is 192 Å². The fraction of sp³-hybridized carbons (Fsp3) is 0.556. The molecule has 0 spiro atoms. The Morgan fingerprint density at radius 1 is 1.09 bits per heavy atom. The summed E-state index contributed by atoms with van der Waals surface area (Å²) in [5, 5.41) is 0. The molecule has 32 heavy (non-hydrogen) atoms. The Kier molecular flexibility index (Phi) is 8.16. The highest BCUT2D eigenvalue weighted by Crippen LogP contribution is 2.28. The molecular formula is C27H37N3O2. The summed E-state index contributed by atoms with van der Waals surface area (Å²) in [6, 6.07) is 12.6. The smallest absolute Gasteiger partial charge is 0.227 e. The lowest BCUT2D eigenvalue weighted by molar-refractivity contribution is -0.132. The summed E-state index contributed by atoms with van der Waals surface area (Å²) in [5.74, 6) is 1.51. The number of piperidine rings is 1. The van der Waals surface area contributed by atoms with Crippen LogP contribution in [0.3, 0.4) is 0 Å². The van der Waals surface area contributed by atoms with E-state index >= 15 is 0 Å². The number of methoxy groups -OCH3 is 1. The first-order valence-corrected chi connectivity index (χ1v) is 12.2. The van der Waals surface area contributed by atoms with Crippen LogP contribution in [0.5, 0.6) is 5.75 Å². The lowest BCUT2D eigenvalue weighted by Crippen LogP contribution is -2.47. The quantitative estimate of drug-likeness (QED) is 0.603. The van der Waals surface area contributed by atoms with Crippen LogP contribution in [0.4, 0.5) is 0 Å². The Hall–Kier alpha value is -2.40. The van der Waals surface area contributed by atoms with Gasteiger partial charge in [-0.1, -0.05) is 37.5 Å². The minimum atomic E-state index is 0.178. The third-order valence-electron chi connectivity index (χ3n) is 7.06. The zero-order valence-electron chi connectivity index (χ0n) is 19.4. The van der Waals surface area contributed by atoms with Gasteiger partial charge in [-0.25, -0.2) is 0 Å².